The minimum absolute atomic E-state index is 0.119. The van der Waals surface area contributed by atoms with Gasteiger partial charge in [0.25, 0.3) is 0 Å². The molecule has 0 saturated carbocycles. The van der Waals surface area contributed by atoms with Crippen molar-refractivity contribution in [3.8, 4) is 0 Å². The summed E-state index contributed by atoms with van der Waals surface area (Å²) in [6, 6.07) is 3.82. The maximum atomic E-state index is 13.9. The Hall–Kier alpha value is -1.09. The van der Waals surface area contributed by atoms with E-state index >= 15 is 0 Å². The summed E-state index contributed by atoms with van der Waals surface area (Å²) in [5.41, 5.74) is 2.89. The van der Waals surface area contributed by atoms with Gasteiger partial charge in [-0.05, 0) is 56.0 Å². The number of benzene rings is 1. The first-order valence-electron chi connectivity index (χ1n) is 7.61. The first kappa shape index (κ1) is 17.0. The molecular weight excluding hydrogens is 251 g/mol. The summed E-state index contributed by atoms with van der Waals surface area (Å²) in [4.78, 5) is 2.23. The molecule has 1 N–H and O–H groups in total. The zero-order chi connectivity index (χ0) is 15.3. The highest BCUT2D eigenvalue weighted by molar-refractivity contribution is 5.56. The van der Waals surface area contributed by atoms with Crippen molar-refractivity contribution in [1.82, 2.24) is 5.32 Å². The van der Waals surface area contributed by atoms with Crippen LogP contribution >= 0.6 is 0 Å². The molecule has 0 saturated heterocycles. The van der Waals surface area contributed by atoms with Gasteiger partial charge in [0.15, 0.2) is 0 Å². The molecule has 1 unspecified atom stereocenters. The SMILES string of the molecule is CCCNC(C)c1cc(F)c(C)cc1N(C)CC(C)C. The molecule has 1 aromatic carbocycles. The Kier molecular flexibility index (Phi) is 6.47. The van der Waals surface area contributed by atoms with Gasteiger partial charge in [0.1, 0.15) is 5.82 Å². The number of nitrogens with one attached hydrogen (secondary N) is 1. The third-order valence-corrected chi connectivity index (χ3v) is 3.53. The molecule has 0 aliphatic carbocycles. The Morgan fingerprint density at radius 2 is 1.90 bits per heavy atom. The van der Waals surface area contributed by atoms with E-state index in [0.29, 0.717) is 11.5 Å². The monoisotopic (exact) mass is 280 g/mol. The number of halogens is 1. The van der Waals surface area contributed by atoms with Gasteiger partial charge in [-0.25, -0.2) is 4.39 Å². The third kappa shape index (κ3) is 4.48. The molecule has 0 heterocycles. The van der Waals surface area contributed by atoms with Crippen LogP contribution in [0.15, 0.2) is 12.1 Å². The van der Waals surface area contributed by atoms with Crippen molar-refractivity contribution < 1.29 is 4.39 Å². The molecule has 1 rings (SSSR count). The lowest BCUT2D eigenvalue weighted by atomic mass is 10.0. The topological polar surface area (TPSA) is 15.3 Å². The van der Waals surface area contributed by atoms with Gasteiger partial charge >= 0.3 is 0 Å². The number of rotatable bonds is 7. The van der Waals surface area contributed by atoms with Crippen LogP contribution in [0, 0.1) is 18.7 Å². The summed E-state index contributed by atoms with van der Waals surface area (Å²) < 4.78 is 13.9. The fourth-order valence-corrected chi connectivity index (χ4v) is 2.48. The number of aryl methyl sites for hydroxylation is 1. The van der Waals surface area contributed by atoms with Gasteiger partial charge in [0, 0.05) is 25.3 Å². The molecule has 0 aromatic heterocycles. The normalized spacial score (nSPS) is 12.8. The maximum absolute atomic E-state index is 13.9. The molecule has 0 bridgehead atoms. The fourth-order valence-electron chi connectivity index (χ4n) is 2.48. The van der Waals surface area contributed by atoms with Gasteiger partial charge in [-0.1, -0.05) is 20.8 Å². The van der Waals surface area contributed by atoms with Crippen molar-refractivity contribution in [2.75, 3.05) is 25.0 Å². The molecule has 20 heavy (non-hydrogen) atoms. The summed E-state index contributed by atoms with van der Waals surface area (Å²) in [6.45, 7) is 12.4. The van der Waals surface area contributed by atoms with Gasteiger partial charge in [-0.3, -0.25) is 0 Å². The first-order chi connectivity index (χ1) is 9.36. The molecule has 1 aromatic rings. The predicted octanol–water partition coefficient (Wildman–Crippen LogP) is 4.29. The minimum atomic E-state index is -0.119. The van der Waals surface area contributed by atoms with Crippen LogP contribution in [0.3, 0.4) is 0 Å². The van der Waals surface area contributed by atoms with Gasteiger partial charge in [0.2, 0.25) is 0 Å². The standard InChI is InChI=1S/C17H29FN2/c1-7-8-19-14(5)15-10-16(18)13(4)9-17(15)20(6)11-12(2)3/h9-10,12,14,19H,7-8,11H2,1-6H3. The maximum Gasteiger partial charge on any atom is 0.126 e. The van der Waals surface area contributed by atoms with Gasteiger partial charge in [0.05, 0.1) is 0 Å². The summed E-state index contributed by atoms with van der Waals surface area (Å²) in [6.07, 6.45) is 1.08. The van der Waals surface area contributed by atoms with E-state index in [1.54, 1.807) is 6.07 Å². The molecule has 0 amide bonds. The Labute approximate surface area is 123 Å². The summed E-state index contributed by atoms with van der Waals surface area (Å²) in [5.74, 6) is 0.462. The van der Waals surface area contributed by atoms with E-state index in [2.05, 4.69) is 45.0 Å². The highest BCUT2D eigenvalue weighted by Gasteiger charge is 2.16. The van der Waals surface area contributed by atoms with Crippen molar-refractivity contribution in [1.29, 1.82) is 0 Å². The lowest BCUT2D eigenvalue weighted by Crippen LogP contribution is -2.27. The van der Waals surface area contributed by atoms with E-state index in [9.17, 15) is 4.39 Å². The quantitative estimate of drug-likeness (QED) is 0.801. The van der Waals surface area contributed by atoms with E-state index < -0.39 is 0 Å². The number of hydrogen-bond donors (Lipinski definition) is 1. The number of nitrogens with zero attached hydrogens (tertiary/aromatic N) is 1. The van der Waals surface area contributed by atoms with Crippen molar-refractivity contribution in [2.45, 2.75) is 47.1 Å². The second kappa shape index (κ2) is 7.63. The van der Waals surface area contributed by atoms with E-state index in [1.807, 2.05) is 13.0 Å². The predicted molar refractivity (Wildman–Crippen MR) is 86.0 cm³/mol. The molecule has 0 aliphatic heterocycles. The zero-order valence-electron chi connectivity index (χ0n) is 13.8. The fraction of sp³-hybridized carbons (Fsp3) is 0.647. The molecule has 0 fully saturated rings. The second-order valence-electron chi connectivity index (χ2n) is 6.11. The largest absolute Gasteiger partial charge is 0.374 e. The van der Waals surface area contributed by atoms with Crippen molar-refractivity contribution in [2.24, 2.45) is 5.92 Å². The average molecular weight is 280 g/mol. The van der Waals surface area contributed by atoms with Crippen molar-refractivity contribution in [3.63, 3.8) is 0 Å². The van der Waals surface area contributed by atoms with Crippen LogP contribution in [0.25, 0.3) is 0 Å². The van der Waals surface area contributed by atoms with E-state index in [4.69, 9.17) is 0 Å². The summed E-state index contributed by atoms with van der Waals surface area (Å²) in [7, 11) is 2.09. The molecule has 0 radical (unpaired) electrons. The Balaban J connectivity index is 3.09. The molecule has 0 aliphatic rings. The molecule has 2 nitrogen and oxygen atoms in total. The highest BCUT2D eigenvalue weighted by Crippen LogP contribution is 2.29. The minimum Gasteiger partial charge on any atom is -0.374 e. The molecule has 0 spiro atoms. The van der Waals surface area contributed by atoms with Crippen LogP contribution in [-0.4, -0.2) is 20.1 Å². The summed E-state index contributed by atoms with van der Waals surface area (Å²) in [5, 5.41) is 3.45. The molecule has 114 valence electrons. The van der Waals surface area contributed by atoms with Crippen LogP contribution in [0.1, 0.15) is 51.3 Å². The van der Waals surface area contributed by atoms with Gasteiger partial charge in [-0.15, -0.1) is 0 Å². The van der Waals surface area contributed by atoms with Crippen LogP contribution in [0.4, 0.5) is 10.1 Å². The number of hydrogen-bond acceptors (Lipinski definition) is 2. The summed E-state index contributed by atoms with van der Waals surface area (Å²) >= 11 is 0. The lowest BCUT2D eigenvalue weighted by Gasteiger charge is -2.27. The zero-order valence-corrected chi connectivity index (χ0v) is 13.8. The lowest BCUT2D eigenvalue weighted by molar-refractivity contribution is 0.557. The Morgan fingerprint density at radius 1 is 1.25 bits per heavy atom. The first-order valence-corrected chi connectivity index (χ1v) is 7.61. The van der Waals surface area contributed by atoms with E-state index in [1.165, 1.54) is 0 Å². The molecule has 1 atom stereocenters. The van der Waals surface area contributed by atoms with Crippen LogP contribution in [0.2, 0.25) is 0 Å². The average Bonchev–Trinajstić information content (AvgIpc) is 2.37. The number of anilines is 1. The Morgan fingerprint density at radius 3 is 2.45 bits per heavy atom. The third-order valence-electron chi connectivity index (χ3n) is 3.53. The van der Waals surface area contributed by atoms with Crippen molar-refractivity contribution >= 4 is 5.69 Å². The molecular formula is C17H29FN2. The molecule has 3 heteroatoms. The van der Waals surface area contributed by atoms with Crippen LogP contribution in [0.5, 0.6) is 0 Å². The highest BCUT2D eigenvalue weighted by atomic mass is 19.1. The second-order valence-corrected chi connectivity index (χ2v) is 6.11. The van der Waals surface area contributed by atoms with E-state index in [-0.39, 0.29) is 11.9 Å². The van der Waals surface area contributed by atoms with Gasteiger partial charge < -0.3 is 10.2 Å². The van der Waals surface area contributed by atoms with Crippen molar-refractivity contribution in [3.05, 3.63) is 29.1 Å². The Bertz CT molecular complexity index is 429. The van der Waals surface area contributed by atoms with Gasteiger partial charge in [-0.2, -0.15) is 0 Å². The van der Waals surface area contributed by atoms with Crippen LogP contribution < -0.4 is 10.2 Å². The smallest absolute Gasteiger partial charge is 0.126 e. The van der Waals surface area contributed by atoms with E-state index in [0.717, 1.165) is 30.8 Å². The van der Waals surface area contributed by atoms with Crippen LogP contribution in [-0.2, 0) is 0 Å².